The molecule has 0 radical (unpaired) electrons. The van der Waals surface area contributed by atoms with E-state index >= 15 is 0 Å². The fourth-order valence-electron chi connectivity index (χ4n) is 2.25. The van der Waals surface area contributed by atoms with Gasteiger partial charge in [-0.2, -0.15) is 0 Å². The number of rotatable bonds is 3. The topological polar surface area (TPSA) is 62.5 Å². The first kappa shape index (κ1) is 14.6. The van der Waals surface area contributed by atoms with Crippen LogP contribution in [0.5, 0.6) is 0 Å². The van der Waals surface area contributed by atoms with Gasteiger partial charge in [0.05, 0.1) is 16.0 Å². The highest BCUT2D eigenvalue weighted by Crippen LogP contribution is 2.30. The van der Waals surface area contributed by atoms with Gasteiger partial charge in [-0.15, -0.1) is 11.3 Å². The number of hydrogen-bond acceptors (Lipinski definition) is 6. The molecule has 0 bridgehead atoms. The van der Waals surface area contributed by atoms with Gasteiger partial charge in [0.15, 0.2) is 4.34 Å². The van der Waals surface area contributed by atoms with Crippen LogP contribution >= 0.6 is 23.1 Å². The number of fused-ring (bicyclic) bond motifs is 1. The Morgan fingerprint density at radius 1 is 1.38 bits per heavy atom. The van der Waals surface area contributed by atoms with Gasteiger partial charge in [-0.25, -0.2) is 4.98 Å². The van der Waals surface area contributed by atoms with Gasteiger partial charge in [0.2, 0.25) is 5.91 Å². The van der Waals surface area contributed by atoms with Crippen molar-refractivity contribution < 1.29 is 4.79 Å². The van der Waals surface area contributed by atoms with Gasteiger partial charge < -0.3 is 15.5 Å². The summed E-state index contributed by atoms with van der Waals surface area (Å²) in [5.41, 5.74) is 7.47. The molecule has 2 N–H and O–H groups in total. The molecule has 7 heteroatoms. The zero-order chi connectivity index (χ0) is 14.8. The Hall–Kier alpha value is -1.31. The van der Waals surface area contributed by atoms with Crippen molar-refractivity contribution in [1.82, 2.24) is 14.8 Å². The number of anilines is 1. The second-order valence-electron chi connectivity index (χ2n) is 5.18. The Morgan fingerprint density at radius 2 is 2.14 bits per heavy atom. The first-order chi connectivity index (χ1) is 10.1. The molecule has 1 saturated heterocycles. The molecule has 0 aliphatic carbocycles. The fourth-order valence-corrected chi connectivity index (χ4v) is 4.27. The second kappa shape index (κ2) is 6.21. The van der Waals surface area contributed by atoms with E-state index < -0.39 is 0 Å². The van der Waals surface area contributed by atoms with Crippen LogP contribution in [0.2, 0.25) is 0 Å². The summed E-state index contributed by atoms with van der Waals surface area (Å²) in [6.45, 7) is 3.56. The number of thioether (sulfide) groups is 1. The maximum atomic E-state index is 12.2. The highest BCUT2D eigenvalue weighted by atomic mass is 32.2. The SMILES string of the molecule is CN1CCN(C(=O)CSc2nc3ccc(N)cc3s2)CC1. The molecule has 1 amide bonds. The average Bonchev–Trinajstić information content (AvgIpc) is 2.87. The van der Waals surface area contributed by atoms with Crippen LogP contribution in [0.25, 0.3) is 10.2 Å². The van der Waals surface area contributed by atoms with Gasteiger partial charge >= 0.3 is 0 Å². The van der Waals surface area contributed by atoms with E-state index in [4.69, 9.17) is 5.73 Å². The van der Waals surface area contributed by atoms with Gasteiger partial charge in [-0.05, 0) is 25.2 Å². The molecular formula is C14H18N4OS2. The summed E-state index contributed by atoms with van der Waals surface area (Å²) in [6, 6.07) is 5.71. The van der Waals surface area contributed by atoms with Crippen molar-refractivity contribution in [2.24, 2.45) is 0 Å². The van der Waals surface area contributed by atoms with Gasteiger partial charge in [-0.3, -0.25) is 4.79 Å². The minimum absolute atomic E-state index is 0.201. The molecule has 2 heterocycles. The lowest BCUT2D eigenvalue weighted by atomic mass is 10.3. The number of nitrogen functional groups attached to an aromatic ring is 1. The van der Waals surface area contributed by atoms with Crippen molar-refractivity contribution in [2.75, 3.05) is 44.7 Å². The Labute approximate surface area is 132 Å². The highest BCUT2D eigenvalue weighted by Gasteiger charge is 2.19. The Bertz CT molecular complexity index is 649. The van der Waals surface area contributed by atoms with Crippen molar-refractivity contribution in [3.8, 4) is 0 Å². The van der Waals surface area contributed by atoms with Crippen LogP contribution in [0.3, 0.4) is 0 Å². The number of piperazine rings is 1. The van der Waals surface area contributed by atoms with Gasteiger partial charge in [0, 0.05) is 31.9 Å². The lowest BCUT2D eigenvalue weighted by Crippen LogP contribution is -2.47. The maximum Gasteiger partial charge on any atom is 0.233 e. The van der Waals surface area contributed by atoms with E-state index in [1.54, 1.807) is 11.3 Å². The zero-order valence-corrected chi connectivity index (χ0v) is 13.5. The number of hydrogen-bond donors (Lipinski definition) is 1. The Balaban J connectivity index is 1.59. The van der Waals surface area contributed by atoms with E-state index in [1.165, 1.54) is 11.8 Å². The van der Waals surface area contributed by atoms with Crippen molar-refractivity contribution in [2.45, 2.75) is 4.34 Å². The second-order valence-corrected chi connectivity index (χ2v) is 7.43. The number of benzene rings is 1. The van der Waals surface area contributed by atoms with E-state index in [2.05, 4.69) is 16.9 Å². The van der Waals surface area contributed by atoms with Gasteiger partial charge in [-0.1, -0.05) is 11.8 Å². The molecule has 0 atom stereocenters. The number of aromatic nitrogens is 1. The van der Waals surface area contributed by atoms with Crippen LogP contribution in [0.4, 0.5) is 5.69 Å². The van der Waals surface area contributed by atoms with Crippen LogP contribution in [0.15, 0.2) is 22.5 Å². The normalized spacial score (nSPS) is 16.5. The molecule has 0 unspecified atom stereocenters. The molecule has 1 aliphatic heterocycles. The molecule has 3 rings (SSSR count). The van der Waals surface area contributed by atoms with Crippen molar-refractivity contribution in [3.05, 3.63) is 18.2 Å². The van der Waals surface area contributed by atoms with E-state index in [-0.39, 0.29) is 5.91 Å². The minimum Gasteiger partial charge on any atom is -0.399 e. The van der Waals surface area contributed by atoms with Gasteiger partial charge in [0.1, 0.15) is 0 Å². The first-order valence-electron chi connectivity index (χ1n) is 6.87. The van der Waals surface area contributed by atoms with Crippen LogP contribution in [-0.2, 0) is 4.79 Å². The van der Waals surface area contributed by atoms with Crippen molar-refractivity contribution >= 4 is 44.9 Å². The smallest absolute Gasteiger partial charge is 0.233 e. The van der Waals surface area contributed by atoms with Crippen LogP contribution in [-0.4, -0.2) is 59.7 Å². The van der Waals surface area contributed by atoms with Crippen molar-refractivity contribution in [1.29, 1.82) is 0 Å². The van der Waals surface area contributed by atoms with Crippen LogP contribution in [0, 0.1) is 0 Å². The molecule has 1 aromatic carbocycles. The monoisotopic (exact) mass is 322 g/mol. The third-order valence-electron chi connectivity index (χ3n) is 3.57. The summed E-state index contributed by atoms with van der Waals surface area (Å²) in [5.74, 6) is 0.658. The molecule has 112 valence electrons. The molecule has 2 aromatic rings. The highest BCUT2D eigenvalue weighted by molar-refractivity contribution is 8.01. The summed E-state index contributed by atoms with van der Waals surface area (Å²) in [5, 5.41) is 0. The first-order valence-corrected chi connectivity index (χ1v) is 8.67. The number of carbonyl (C=O) groups excluding carboxylic acids is 1. The molecule has 1 aliphatic rings. The lowest BCUT2D eigenvalue weighted by Gasteiger charge is -2.32. The molecule has 0 saturated carbocycles. The molecule has 1 aromatic heterocycles. The molecular weight excluding hydrogens is 304 g/mol. The number of likely N-dealkylation sites (N-methyl/N-ethyl adjacent to an activating group) is 1. The lowest BCUT2D eigenvalue weighted by molar-refractivity contribution is -0.129. The van der Waals surface area contributed by atoms with Crippen LogP contribution in [0.1, 0.15) is 0 Å². The Kier molecular flexibility index (Phi) is 4.32. The quantitative estimate of drug-likeness (QED) is 0.689. The van der Waals surface area contributed by atoms with Crippen LogP contribution < -0.4 is 5.73 Å². The summed E-state index contributed by atoms with van der Waals surface area (Å²) < 4.78 is 2.00. The molecule has 1 fully saturated rings. The number of nitrogens with zero attached hydrogens (tertiary/aromatic N) is 3. The summed E-state index contributed by atoms with van der Waals surface area (Å²) in [6.07, 6.45) is 0. The van der Waals surface area contributed by atoms with E-state index in [1.807, 2.05) is 23.1 Å². The number of thiazole rings is 1. The number of nitrogens with two attached hydrogens (primary N) is 1. The third kappa shape index (κ3) is 3.48. The average molecular weight is 322 g/mol. The predicted octanol–water partition coefficient (Wildman–Crippen LogP) is 1.74. The fraction of sp³-hybridized carbons (Fsp3) is 0.429. The zero-order valence-electron chi connectivity index (χ0n) is 11.9. The summed E-state index contributed by atoms with van der Waals surface area (Å²) in [4.78, 5) is 20.9. The Morgan fingerprint density at radius 3 is 2.90 bits per heavy atom. The summed E-state index contributed by atoms with van der Waals surface area (Å²) in [7, 11) is 2.09. The third-order valence-corrected chi connectivity index (χ3v) is 5.71. The number of amides is 1. The molecule has 21 heavy (non-hydrogen) atoms. The minimum atomic E-state index is 0.201. The van der Waals surface area contributed by atoms with E-state index in [9.17, 15) is 4.79 Å². The number of carbonyl (C=O) groups is 1. The summed E-state index contributed by atoms with van der Waals surface area (Å²) >= 11 is 3.11. The van der Waals surface area contributed by atoms with E-state index in [0.29, 0.717) is 5.75 Å². The van der Waals surface area contributed by atoms with Gasteiger partial charge in [0.25, 0.3) is 0 Å². The standard InChI is InChI=1S/C14H18N4OS2/c1-17-4-6-18(7-5-17)13(19)9-20-14-16-11-3-2-10(15)8-12(11)21-14/h2-3,8H,4-7,9,15H2,1H3. The van der Waals surface area contributed by atoms with E-state index in [0.717, 1.165) is 46.4 Å². The molecule has 0 spiro atoms. The maximum absolute atomic E-state index is 12.2. The molecule has 5 nitrogen and oxygen atoms in total. The van der Waals surface area contributed by atoms with Crippen molar-refractivity contribution in [3.63, 3.8) is 0 Å². The predicted molar refractivity (Wildman–Crippen MR) is 88.8 cm³/mol. The largest absolute Gasteiger partial charge is 0.399 e.